The van der Waals surface area contributed by atoms with E-state index in [0.29, 0.717) is 17.9 Å². The number of amides is 2. The molecule has 2 aliphatic rings. The molecule has 2 aliphatic heterocycles. The third-order valence-corrected chi connectivity index (χ3v) is 4.45. The van der Waals surface area contributed by atoms with Gasteiger partial charge in [0.1, 0.15) is 5.75 Å². The van der Waals surface area contributed by atoms with E-state index < -0.39 is 0 Å². The molecule has 5 heteroatoms. The number of hydrogen-bond donors (Lipinski definition) is 1. The predicted molar refractivity (Wildman–Crippen MR) is 78.4 cm³/mol. The molecule has 0 aromatic heterocycles. The van der Waals surface area contributed by atoms with E-state index in [2.05, 4.69) is 0 Å². The van der Waals surface area contributed by atoms with Gasteiger partial charge in [-0.05, 0) is 31.4 Å². The van der Waals surface area contributed by atoms with Gasteiger partial charge in [-0.3, -0.25) is 9.59 Å². The lowest BCUT2D eigenvalue weighted by Gasteiger charge is -2.27. The van der Waals surface area contributed by atoms with Crippen molar-refractivity contribution in [2.45, 2.75) is 31.7 Å². The van der Waals surface area contributed by atoms with E-state index in [-0.39, 0.29) is 17.9 Å². The number of hydrogen-bond acceptors (Lipinski definition) is 3. The quantitative estimate of drug-likeness (QED) is 0.819. The van der Waals surface area contributed by atoms with Crippen LogP contribution in [0, 0.1) is 0 Å². The number of ether oxygens (including phenoxy) is 1. The third kappa shape index (κ3) is 2.65. The van der Waals surface area contributed by atoms with E-state index in [1.807, 2.05) is 6.07 Å². The summed E-state index contributed by atoms with van der Waals surface area (Å²) in [6.45, 7) is 1.99. The summed E-state index contributed by atoms with van der Waals surface area (Å²) >= 11 is 0. The van der Waals surface area contributed by atoms with E-state index in [4.69, 9.17) is 4.74 Å². The van der Waals surface area contributed by atoms with E-state index in [1.54, 1.807) is 25.3 Å². The van der Waals surface area contributed by atoms with Crippen molar-refractivity contribution in [3.8, 4) is 5.75 Å². The van der Waals surface area contributed by atoms with Crippen LogP contribution in [0.3, 0.4) is 0 Å². The van der Waals surface area contributed by atoms with Gasteiger partial charge in [0.05, 0.1) is 32.3 Å². The maximum Gasteiger partial charge on any atom is 0.292 e. The standard InChI is InChI=1S/C16H20N2O3/c1-21-13-7-5-6-12(10-13)18-15(19)11-14(16(18)20)17-8-3-2-4-9-17/h5-7,10,14H,2-4,8-9,11H2,1H3/p+1/t14-/m1/s1. The number of anilines is 1. The maximum absolute atomic E-state index is 12.7. The van der Waals surface area contributed by atoms with Crippen molar-refractivity contribution in [2.24, 2.45) is 0 Å². The molecule has 0 saturated carbocycles. The number of nitrogens with zero attached hydrogens (tertiary/aromatic N) is 1. The van der Waals surface area contributed by atoms with Crippen molar-refractivity contribution in [2.75, 3.05) is 25.1 Å². The number of rotatable bonds is 3. The monoisotopic (exact) mass is 289 g/mol. The van der Waals surface area contributed by atoms with E-state index >= 15 is 0 Å². The van der Waals surface area contributed by atoms with E-state index in [0.717, 1.165) is 25.9 Å². The van der Waals surface area contributed by atoms with Gasteiger partial charge < -0.3 is 9.64 Å². The molecule has 5 nitrogen and oxygen atoms in total. The highest BCUT2D eigenvalue weighted by Gasteiger charge is 2.45. The third-order valence-electron chi connectivity index (χ3n) is 4.45. The van der Waals surface area contributed by atoms with Crippen molar-refractivity contribution in [1.82, 2.24) is 0 Å². The predicted octanol–water partition coefficient (Wildman–Crippen LogP) is 0.396. The second-order valence-corrected chi connectivity index (χ2v) is 5.74. The van der Waals surface area contributed by atoms with Crippen molar-refractivity contribution in [3.63, 3.8) is 0 Å². The Bertz CT molecular complexity index is 552. The summed E-state index contributed by atoms with van der Waals surface area (Å²) in [5.74, 6) is 0.489. The lowest BCUT2D eigenvalue weighted by Crippen LogP contribution is -3.17. The van der Waals surface area contributed by atoms with Gasteiger partial charge in [0.2, 0.25) is 5.91 Å². The van der Waals surface area contributed by atoms with Crippen LogP contribution in [0.5, 0.6) is 5.75 Å². The zero-order valence-electron chi connectivity index (χ0n) is 12.3. The number of methoxy groups -OCH3 is 1. The Kier molecular flexibility index (Phi) is 3.92. The number of quaternary nitrogens is 1. The SMILES string of the molecule is COc1cccc(N2C(=O)C[C@@H]([NH+]3CCCCC3)C2=O)c1. The first-order valence-corrected chi connectivity index (χ1v) is 7.56. The number of piperidine rings is 1. The number of imide groups is 1. The molecule has 21 heavy (non-hydrogen) atoms. The summed E-state index contributed by atoms with van der Waals surface area (Å²) in [5.41, 5.74) is 0.614. The maximum atomic E-state index is 12.7. The minimum absolute atomic E-state index is 0.0647. The summed E-state index contributed by atoms with van der Waals surface area (Å²) < 4.78 is 5.17. The van der Waals surface area contributed by atoms with Crippen LogP contribution in [0.4, 0.5) is 5.69 Å². The average molecular weight is 289 g/mol. The molecule has 1 aromatic rings. The molecule has 3 rings (SSSR count). The fourth-order valence-electron chi connectivity index (χ4n) is 3.33. The summed E-state index contributed by atoms with van der Waals surface area (Å²) in [4.78, 5) is 27.5. The van der Waals surface area contributed by atoms with Gasteiger partial charge in [-0.25, -0.2) is 4.90 Å². The molecule has 0 spiro atoms. The number of carbonyl (C=O) groups is 2. The number of likely N-dealkylation sites (tertiary alicyclic amines) is 1. The second kappa shape index (κ2) is 5.85. The van der Waals surface area contributed by atoms with E-state index in [1.165, 1.54) is 16.2 Å². The summed E-state index contributed by atoms with van der Waals surface area (Å²) in [6, 6.07) is 6.93. The Morgan fingerprint density at radius 2 is 1.95 bits per heavy atom. The second-order valence-electron chi connectivity index (χ2n) is 5.74. The van der Waals surface area contributed by atoms with Crippen molar-refractivity contribution >= 4 is 17.5 Å². The molecular weight excluding hydrogens is 268 g/mol. The van der Waals surface area contributed by atoms with Crippen molar-refractivity contribution in [3.05, 3.63) is 24.3 Å². The summed E-state index contributed by atoms with van der Waals surface area (Å²) in [6.07, 6.45) is 3.85. The fourth-order valence-corrected chi connectivity index (χ4v) is 3.33. The molecular formula is C16H21N2O3+. The topological polar surface area (TPSA) is 51.0 Å². The molecule has 112 valence electrons. The molecule has 0 bridgehead atoms. The van der Waals surface area contributed by atoms with Crippen LogP contribution in [-0.2, 0) is 9.59 Å². The minimum Gasteiger partial charge on any atom is -0.497 e. The normalized spacial score (nSPS) is 23.7. The first-order chi connectivity index (χ1) is 10.2. The number of carbonyl (C=O) groups excluding carboxylic acids is 2. The molecule has 2 heterocycles. The molecule has 0 unspecified atom stereocenters. The first-order valence-electron chi connectivity index (χ1n) is 7.56. The van der Waals surface area contributed by atoms with Gasteiger partial charge in [-0.15, -0.1) is 0 Å². The Morgan fingerprint density at radius 3 is 2.67 bits per heavy atom. The molecule has 2 amide bonds. The van der Waals surface area contributed by atoms with Gasteiger partial charge >= 0.3 is 0 Å². The van der Waals surface area contributed by atoms with Crippen LogP contribution in [0.2, 0.25) is 0 Å². The summed E-state index contributed by atoms with van der Waals surface area (Å²) in [7, 11) is 1.58. The zero-order chi connectivity index (χ0) is 14.8. The van der Waals surface area contributed by atoms with Crippen LogP contribution < -0.4 is 14.5 Å². The van der Waals surface area contributed by atoms with Crippen LogP contribution in [-0.4, -0.2) is 38.1 Å². The molecule has 1 N–H and O–H groups in total. The molecule has 0 aliphatic carbocycles. The highest BCUT2D eigenvalue weighted by molar-refractivity contribution is 6.21. The van der Waals surface area contributed by atoms with Crippen LogP contribution >= 0.6 is 0 Å². The van der Waals surface area contributed by atoms with Gasteiger partial charge in [0.25, 0.3) is 5.91 Å². The zero-order valence-corrected chi connectivity index (χ0v) is 12.3. The Balaban J connectivity index is 1.82. The van der Waals surface area contributed by atoms with Gasteiger partial charge in [-0.1, -0.05) is 6.07 Å². The highest BCUT2D eigenvalue weighted by Crippen LogP contribution is 2.25. The van der Waals surface area contributed by atoms with Crippen LogP contribution in [0.25, 0.3) is 0 Å². The lowest BCUT2D eigenvalue weighted by atomic mass is 10.1. The van der Waals surface area contributed by atoms with Gasteiger partial charge in [-0.2, -0.15) is 0 Å². The van der Waals surface area contributed by atoms with Gasteiger partial charge in [0, 0.05) is 6.07 Å². The minimum atomic E-state index is -0.205. The van der Waals surface area contributed by atoms with Crippen molar-refractivity contribution in [1.29, 1.82) is 0 Å². The Labute approximate surface area is 124 Å². The fraction of sp³-hybridized carbons (Fsp3) is 0.500. The largest absolute Gasteiger partial charge is 0.497 e. The smallest absolute Gasteiger partial charge is 0.292 e. The molecule has 2 saturated heterocycles. The number of nitrogens with one attached hydrogen (secondary N) is 1. The molecule has 1 aromatic carbocycles. The Morgan fingerprint density at radius 1 is 1.19 bits per heavy atom. The molecule has 1 atom stereocenters. The molecule has 0 radical (unpaired) electrons. The van der Waals surface area contributed by atoms with Crippen molar-refractivity contribution < 1.29 is 19.2 Å². The highest BCUT2D eigenvalue weighted by atomic mass is 16.5. The molecule has 2 fully saturated rings. The Hall–Kier alpha value is -1.88. The van der Waals surface area contributed by atoms with Crippen LogP contribution in [0.1, 0.15) is 25.7 Å². The van der Waals surface area contributed by atoms with Gasteiger partial charge in [0.15, 0.2) is 6.04 Å². The lowest BCUT2D eigenvalue weighted by molar-refractivity contribution is -0.919. The number of benzene rings is 1. The summed E-state index contributed by atoms with van der Waals surface area (Å²) in [5, 5.41) is 0. The first kappa shape index (κ1) is 14.1. The average Bonchev–Trinajstić information content (AvgIpc) is 2.83. The van der Waals surface area contributed by atoms with Crippen LogP contribution in [0.15, 0.2) is 24.3 Å². The van der Waals surface area contributed by atoms with E-state index in [9.17, 15) is 9.59 Å².